The summed E-state index contributed by atoms with van der Waals surface area (Å²) in [6.07, 6.45) is 0. The van der Waals surface area contributed by atoms with Crippen LogP contribution < -0.4 is 5.32 Å². The van der Waals surface area contributed by atoms with Crippen molar-refractivity contribution in [3.8, 4) is 0 Å². The molecular formula is C14H19ClN2O. The smallest absolute Gasteiger partial charge is 0.0601 e. The average Bonchev–Trinajstić information content (AvgIpc) is 2.32. The van der Waals surface area contributed by atoms with Gasteiger partial charge in [-0.3, -0.25) is 4.90 Å². The van der Waals surface area contributed by atoms with Crippen LogP contribution in [0.4, 0.5) is 0 Å². The number of nitrogens with zero attached hydrogens (tertiary/aromatic N) is 1. The van der Waals surface area contributed by atoms with Crippen molar-refractivity contribution in [3.63, 3.8) is 0 Å². The van der Waals surface area contributed by atoms with E-state index >= 15 is 0 Å². The summed E-state index contributed by atoms with van der Waals surface area (Å²) in [5, 5.41) is 4.29. The minimum atomic E-state index is 0.132. The Kier molecular flexibility index (Phi) is 3.32. The molecule has 0 bridgehead atoms. The van der Waals surface area contributed by atoms with Crippen molar-refractivity contribution in [2.75, 3.05) is 39.9 Å². The highest BCUT2D eigenvalue weighted by molar-refractivity contribution is 6.30. The molecule has 2 saturated heterocycles. The summed E-state index contributed by atoms with van der Waals surface area (Å²) >= 11 is 5.98. The van der Waals surface area contributed by atoms with Gasteiger partial charge in [0, 0.05) is 30.7 Å². The topological polar surface area (TPSA) is 24.5 Å². The van der Waals surface area contributed by atoms with E-state index in [-0.39, 0.29) is 5.41 Å². The fraction of sp³-hybridized carbons (Fsp3) is 0.571. The second-order valence-electron chi connectivity index (χ2n) is 5.36. The van der Waals surface area contributed by atoms with Gasteiger partial charge in [0.2, 0.25) is 0 Å². The Balaban J connectivity index is 1.91. The van der Waals surface area contributed by atoms with Crippen LogP contribution in [0.25, 0.3) is 0 Å². The molecule has 0 amide bonds. The third-order valence-corrected chi connectivity index (χ3v) is 4.54. The molecule has 0 aliphatic carbocycles. The van der Waals surface area contributed by atoms with Gasteiger partial charge in [-0.05, 0) is 24.7 Å². The number of piperazine rings is 1. The number of rotatable bonds is 2. The molecular weight excluding hydrogens is 248 g/mol. The molecule has 3 nitrogen and oxygen atoms in total. The molecule has 1 atom stereocenters. The Morgan fingerprint density at radius 2 is 2.06 bits per heavy atom. The first-order valence-electron chi connectivity index (χ1n) is 6.47. The van der Waals surface area contributed by atoms with Gasteiger partial charge in [-0.2, -0.15) is 0 Å². The van der Waals surface area contributed by atoms with Crippen LogP contribution in [0.1, 0.15) is 5.56 Å². The molecule has 0 spiro atoms. The van der Waals surface area contributed by atoms with Gasteiger partial charge >= 0.3 is 0 Å². The van der Waals surface area contributed by atoms with Crippen molar-refractivity contribution in [1.82, 2.24) is 10.2 Å². The van der Waals surface area contributed by atoms with Crippen LogP contribution in [0.5, 0.6) is 0 Å². The van der Waals surface area contributed by atoms with Gasteiger partial charge in [0.1, 0.15) is 0 Å². The predicted octanol–water partition coefficient (Wildman–Crippen LogP) is 1.51. The monoisotopic (exact) mass is 266 g/mol. The van der Waals surface area contributed by atoms with E-state index in [1.165, 1.54) is 5.56 Å². The molecule has 2 heterocycles. The van der Waals surface area contributed by atoms with Gasteiger partial charge in [0.25, 0.3) is 0 Å². The zero-order chi connectivity index (χ0) is 12.6. The van der Waals surface area contributed by atoms with Crippen LogP contribution in [-0.2, 0) is 10.2 Å². The average molecular weight is 267 g/mol. The summed E-state index contributed by atoms with van der Waals surface area (Å²) in [6.45, 7) is 4.82. The number of hydrogen-bond acceptors (Lipinski definition) is 3. The summed E-state index contributed by atoms with van der Waals surface area (Å²) in [5.74, 6) is 0. The standard InChI is InChI=1S/C14H19ClN2O/c1-17-7-6-16-8-13(17)14(9-18-10-14)11-2-4-12(15)5-3-11/h2-5,13,16H,6-10H2,1H3. The number of hydrogen-bond donors (Lipinski definition) is 1. The molecule has 0 saturated carbocycles. The van der Waals surface area contributed by atoms with E-state index in [9.17, 15) is 0 Å². The van der Waals surface area contributed by atoms with Crippen LogP contribution in [0, 0.1) is 0 Å². The summed E-state index contributed by atoms with van der Waals surface area (Å²) in [7, 11) is 2.21. The van der Waals surface area contributed by atoms with Gasteiger partial charge in [-0.25, -0.2) is 0 Å². The highest BCUT2D eigenvalue weighted by atomic mass is 35.5. The van der Waals surface area contributed by atoms with Gasteiger partial charge in [0.05, 0.1) is 18.6 Å². The van der Waals surface area contributed by atoms with Crippen molar-refractivity contribution in [2.45, 2.75) is 11.5 Å². The van der Waals surface area contributed by atoms with Crippen molar-refractivity contribution in [2.24, 2.45) is 0 Å². The number of ether oxygens (including phenoxy) is 1. The lowest BCUT2D eigenvalue weighted by molar-refractivity contribution is -0.103. The zero-order valence-corrected chi connectivity index (χ0v) is 11.4. The highest BCUT2D eigenvalue weighted by Crippen LogP contribution is 2.38. The molecule has 4 heteroatoms. The van der Waals surface area contributed by atoms with Gasteiger partial charge in [0.15, 0.2) is 0 Å². The lowest BCUT2D eigenvalue weighted by Crippen LogP contribution is -2.66. The molecule has 1 aromatic rings. The van der Waals surface area contributed by atoms with Gasteiger partial charge in [-0.15, -0.1) is 0 Å². The fourth-order valence-corrected chi connectivity index (χ4v) is 3.20. The Hall–Kier alpha value is -0.610. The van der Waals surface area contributed by atoms with Crippen LogP contribution in [-0.4, -0.2) is 50.8 Å². The summed E-state index contributed by atoms with van der Waals surface area (Å²) in [6, 6.07) is 8.75. The second kappa shape index (κ2) is 4.82. The maximum Gasteiger partial charge on any atom is 0.0601 e. The van der Waals surface area contributed by atoms with E-state index in [0.29, 0.717) is 6.04 Å². The van der Waals surface area contributed by atoms with Crippen LogP contribution in [0.15, 0.2) is 24.3 Å². The first kappa shape index (κ1) is 12.4. The van der Waals surface area contributed by atoms with E-state index < -0.39 is 0 Å². The Bertz CT molecular complexity index is 416. The molecule has 98 valence electrons. The largest absolute Gasteiger partial charge is 0.379 e. The van der Waals surface area contributed by atoms with Crippen LogP contribution in [0.3, 0.4) is 0 Å². The number of halogens is 1. The summed E-state index contributed by atoms with van der Waals surface area (Å²) in [4.78, 5) is 2.45. The number of nitrogens with one attached hydrogen (secondary N) is 1. The molecule has 1 N–H and O–H groups in total. The van der Waals surface area contributed by atoms with Crippen molar-refractivity contribution >= 4 is 11.6 Å². The molecule has 1 unspecified atom stereocenters. The lowest BCUT2D eigenvalue weighted by Gasteiger charge is -2.52. The zero-order valence-electron chi connectivity index (χ0n) is 10.7. The molecule has 2 aliphatic heterocycles. The third-order valence-electron chi connectivity index (χ3n) is 4.29. The Morgan fingerprint density at radius 3 is 2.61 bits per heavy atom. The highest BCUT2D eigenvalue weighted by Gasteiger charge is 2.49. The summed E-state index contributed by atoms with van der Waals surface area (Å²) < 4.78 is 5.54. The molecule has 1 aromatic carbocycles. The van der Waals surface area contributed by atoms with Gasteiger partial charge in [-0.1, -0.05) is 23.7 Å². The minimum absolute atomic E-state index is 0.132. The lowest BCUT2D eigenvalue weighted by atomic mass is 9.71. The molecule has 2 aliphatic rings. The van der Waals surface area contributed by atoms with E-state index in [4.69, 9.17) is 16.3 Å². The molecule has 18 heavy (non-hydrogen) atoms. The van der Waals surface area contributed by atoms with Crippen LogP contribution >= 0.6 is 11.6 Å². The van der Waals surface area contributed by atoms with E-state index in [1.807, 2.05) is 12.1 Å². The fourth-order valence-electron chi connectivity index (χ4n) is 3.08. The first-order chi connectivity index (χ1) is 8.72. The van der Waals surface area contributed by atoms with E-state index in [2.05, 4.69) is 29.4 Å². The van der Waals surface area contributed by atoms with Crippen molar-refractivity contribution in [1.29, 1.82) is 0 Å². The van der Waals surface area contributed by atoms with E-state index in [1.54, 1.807) is 0 Å². The molecule has 2 fully saturated rings. The Labute approximate surface area is 113 Å². The SMILES string of the molecule is CN1CCNCC1C1(c2ccc(Cl)cc2)COC1. The number of likely N-dealkylation sites (N-methyl/N-ethyl adjacent to an activating group) is 1. The van der Waals surface area contributed by atoms with Crippen LogP contribution in [0.2, 0.25) is 5.02 Å². The summed E-state index contributed by atoms with van der Waals surface area (Å²) in [5.41, 5.74) is 1.48. The number of benzene rings is 1. The van der Waals surface area contributed by atoms with E-state index in [0.717, 1.165) is 37.9 Å². The molecule has 0 aromatic heterocycles. The first-order valence-corrected chi connectivity index (χ1v) is 6.85. The Morgan fingerprint density at radius 1 is 1.33 bits per heavy atom. The maximum absolute atomic E-state index is 5.98. The maximum atomic E-state index is 5.98. The minimum Gasteiger partial charge on any atom is -0.379 e. The van der Waals surface area contributed by atoms with Gasteiger partial charge < -0.3 is 10.1 Å². The predicted molar refractivity (Wildman–Crippen MR) is 73.2 cm³/mol. The van der Waals surface area contributed by atoms with Crippen molar-refractivity contribution in [3.05, 3.63) is 34.9 Å². The third kappa shape index (κ3) is 1.95. The van der Waals surface area contributed by atoms with Crippen molar-refractivity contribution < 1.29 is 4.74 Å². The molecule has 0 radical (unpaired) electrons. The normalized spacial score (nSPS) is 27.8. The molecule has 3 rings (SSSR count). The quantitative estimate of drug-likeness (QED) is 0.878. The second-order valence-corrected chi connectivity index (χ2v) is 5.79.